The third-order valence-corrected chi connectivity index (χ3v) is 2.34. The molecule has 0 aliphatic heterocycles. The maximum absolute atomic E-state index is 11.4. The van der Waals surface area contributed by atoms with Crippen molar-refractivity contribution in [3.63, 3.8) is 0 Å². The minimum absolute atomic E-state index is 0.360. The average molecular weight is 280 g/mol. The Morgan fingerprint density at radius 1 is 1.35 bits per heavy atom. The van der Waals surface area contributed by atoms with Gasteiger partial charge in [0, 0.05) is 25.0 Å². The normalized spacial score (nSPS) is 11.3. The van der Waals surface area contributed by atoms with Gasteiger partial charge in [0.05, 0.1) is 0 Å². The molecule has 1 amide bonds. The molecule has 6 nitrogen and oxygen atoms in total. The second kappa shape index (κ2) is 7.07. The van der Waals surface area contributed by atoms with Crippen molar-refractivity contribution >= 4 is 12.0 Å². The Balaban J connectivity index is 2.31. The zero-order valence-electron chi connectivity index (χ0n) is 12.9. The van der Waals surface area contributed by atoms with E-state index in [1.807, 2.05) is 26.8 Å². The minimum atomic E-state index is -0.480. The van der Waals surface area contributed by atoms with Gasteiger partial charge in [0.1, 0.15) is 5.60 Å². The van der Waals surface area contributed by atoms with Gasteiger partial charge >= 0.3 is 6.09 Å². The number of ether oxygens (including phenoxy) is 1. The van der Waals surface area contributed by atoms with Gasteiger partial charge in [-0.15, -0.1) is 0 Å². The van der Waals surface area contributed by atoms with E-state index < -0.39 is 11.7 Å². The predicted molar refractivity (Wildman–Crippen MR) is 78.8 cm³/mol. The maximum Gasteiger partial charge on any atom is 0.407 e. The molecule has 20 heavy (non-hydrogen) atoms. The molecule has 0 spiro atoms. The second-order valence-corrected chi connectivity index (χ2v) is 5.82. The van der Waals surface area contributed by atoms with Crippen molar-refractivity contribution < 1.29 is 9.53 Å². The van der Waals surface area contributed by atoms with E-state index in [1.54, 1.807) is 6.20 Å². The molecule has 0 bridgehead atoms. The molecule has 1 aromatic heterocycles. The fourth-order valence-corrected chi connectivity index (χ4v) is 1.43. The Morgan fingerprint density at radius 3 is 2.65 bits per heavy atom. The fraction of sp³-hybridized carbons (Fsp3) is 0.643. The van der Waals surface area contributed by atoms with Crippen LogP contribution in [0.15, 0.2) is 12.3 Å². The number of hydrogen-bond acceptors (Lipinski definition) is 5. The molecule has 0 aromatic carbocycles. The zero-order valence-corrected chi connectivity index (χ0v) is 12.9. The molecule has 0 aliphatic carbocycles. The molecule has 0 radical (unpaired) electrons. The van der Waals surface area contributed by atoms with Crippen LogP contribution in [0.2, 0.25) is 0 Å². The molecule has 6 heteroatoms. The smallest absolute Gasteiger partial charge is 0.407 e. The highest BCUT2D eigenvalue weighted by Crippen LogP contribution is 2.11. The molecule has 0 unspecified atom stereocenters. The fourth-order valence-electron chi connectivity index (χ4n) is 1.43. The molecule has 112 valence electrons. The molecule has 1 heterocycles. The molecular weight excluding hydrogens is 256 g/mol. The first-order valence-corrected chi connectivity index (χ1v) is 6.81. The standard InChI is InChI=1S/C14H24N4O2/c1-10(2)11-6-7-15-12(18-11)16-8-9-17-13(19)20-14(3,4)5/h6-7,10H,8-9H2,1-5H3,(H,17,19)(H,15,16,18). The van der Waals surface area contributed by atoms with Crippen molar-refractivity contribution in [2.45, 2.75) is 46.1 Å². The Hall–Kier alpha value is -1.85. The number of carbonyl (C=O) groups is 1. The largest absolute Gasteiger partial charge is 0.444 e. The zero-order chi connectivity index (χ0) is 15.2. The van der Waals surface area contributed by atoms with Crippen molar-refractivity contribution in [1.29, 1.82) is 0 Å². The number of rotatable bonds is 5. The molecule has 1 aromatic rings. The van der Waals surface area contributed by atoms with Crippen LogP contribution in [0.3, 0.4) is 0 Å². The number of hydrogen-bond donors (Lipinski definition) is 2. The van der Waals surface area contributed by atoms with Crippen LogP contribution in [0.25, 0.3) is 0 Å². The van der Waals surface area contributed by atoms with Gasteiger partial charge in [-0.25, -0.2) is 14.8 Å². The van der Waals surface area contributed by atoms with E-state index in [2.05, 4.69) is 34.4 Å². The summed E-state index contributed by atoms with van der Waals surface area (Å²) in [5.41, 5.74) is 0.509. The van der Waals surface area contributed by atoms with E-state index in [4.69, 9.17) is 4.74 Å². The van der Waals surface area contributed by atoms with Crippen molar-refractivity contribution in [2.75, 3.05) is 18.4 Å². The summed E-state index contributed by atoms with van der Waals surface area (Å²) in [6.45, 7) is 10.6. The summed E-state index contributed by atoms with van der Waals surface area (Å²) in [6, 6.07) is 1.90. The van der Waals surface area contributed by atoms with Crippen LogP contribution in [0, 0.1) is 0 Å². The van der Waals surface area contributed by atoms with E-state index in [9.17, 15) is 4.79 Å². The molecule has 0 fully saturated rings. The number of nitrogens with zero attached hydrogens (tertiary/aromatic N) is 2. The summed E-state index contributed by atoms with van der Waals surface area (Å²) in [5.74, 6) is 0.931. The summed E-state index contributed by atoms with van der Waals surface area (Å²) >= 11 is 0. The first-order chi connectivity index (χ1) is 9.28. The molecule has 0 saturated heterocycles. The van der Waals surface area contributed by atoms with Crippen molar-refractivity contribution in [1.82, 2.24) is 15.3 Å². The number of aromatic nitrogens is 2. The van der Waals surface area contributed by atoms with Crippen molar-refractivity contribution in [2.24, 2.45) is 0 Å². The number of alkyl carbamates (subject to hydrolysis) is 1. The van der Waals surface area contributed by atoms with Crippen molar-refractivity contribution in [3.05, 3.63) is 18.0 Å². The molecule has 0 atom stereocenters. The summed E-state index contributed by atoms with van der Waals surface area (Å²) in [5, 5.41) is 5.73. The Kier molecular flexibility index (Phi) is 5.73. The van der Waals surface area contributed by atoms with Crippen molar-refractivity contribution in [3.8, 4) is 0 Å². The van der Waals surface area contributed by atoms with Crippen LogP contribution in [-0.4, -0.2) is 34.8 Å². The lowest BCUT2D eigenvalue weighted by molar-refractivity contribution is 0.0530. The van der Waals surface area contributed by atoms with Gasteiger partial charge in [0.25, 0.3) is 0 Å². The third kappa shape index (κ3) is 6.36. The Bertz CT molecular complexity index is 441. The van der Waals surface area contributed by atoms with E-state index in [-0.39, 0.29) is 0 Å². The van der Waals surface area contributed by atoms with Crippen LogP contribution in [-0.2, 0) is 4.74 Å². The molecule has 1 rings (SSSR count). The second-order valence-electron chi connectivity index (χ2n) is 5.82. The van der Waals surface area contributed by atoms with Crippen LogP contribution < -0.4 is 10.6 Å². The first kappa shape index (κ1) is 16.2. The highest BCUT2D eigenvalue weighted by atomic mass is 16.6. The van der Waals surface area contributed by atoms with E-state index in [0.29, 0.717) is 25.0 Å². The van der Waals surface area contributed by atoms with Crippen LogP contribution in [0.5, 0.6) is 0 Å². The third-order valence-electron chi connectivity index (χ3n) is 2.34. The van der Waals surface area contributed by atoms with Crippen LogP contribution in [0.4, 0.5) is 10.7 Å². The van der Waals surface area contributed by atoms with Gasteiger partial charge in [-0.3, -0.25) is 0 Å². The topological polar surface area (TPSA) is 76.1 Å². The Morgan fingerprint density at radius 2 is 2.05 bits per heavy atom. The monoisotopic (exact) mass is 280 g/mol. The SMILES string of the molecule is CC(C)c1ccnc(NCCNC(=O)OC(C)(C)C)n1. The highest BCUT2D eigenvalue weighted by molar-refractivity contribution is 5.67. The summed E-state index contributed by atoms with van der Waals surface area (Å²) in [4.78, 5) is 19.9. The number of carbonyl (C=O) groups excluding carboxylic acids is 1. The van der Waals surface area contributed by atoms with Gasteiger partial charge in [-0.2, -0.15) is 0 Å². The summed E-state index contributed by atoms with van der Waals surface area (Å²) in [6.07, 6.45) is 1.31. The molecular formula is C14H24N4O2. The molecule has 0 saturated carbocycles. The van der Waals surface area contributed by atoms with Gasteiger partial charge in [-0.1, -0.05) is 13.8 Å². The summed E-state index contributed by atoms with van der Waals surface area (Å²) in [7, 11) is 0. The lowest BCUT2D eigenvalue weighted by atomic mass is 10.1. The van der Waals surface area contributed by atoms with Gasteiger partial charge in [0.15, 0.2) is 0 Å². The number of nitrogens with one attached hydrogen (secondary N) is 2. The van der Waals surface area contributed by atoms with E-state index >= 15 is 0 Å². The maximum atomic E-state index is 11.4. The van der Waals surface area contributed by atoms with E-state index in [1.165, 1.54) is 0 Å². The lowest BCUT2D eigenvalue weighted by Gasteiger charge is -2.19. The van der Waals surface area contributed by atoms with Crippen LogP contribution >= 0.6 is 0 Å². The van der Waals surface area contributed by atoms with Gasteiger partial charge in [-0.05, 0) is 32.8 Å². The number of anilines is 1. The number of amides is 1. The van der Waals surface area contributed by atoms with Gasteiger partial charge < -0.3 is 15.4 Å². The highest BCUT2D eigenvalue weighted by Gasteiger charge is 2.15. The minimum Gasteiger partial charge on any atom is -0.444 e. The average Bonchev–Trinajstić information content (AvgIpc) is 2.33. The Labute approximate surface area is 120 Å². The summed E-state index contributed by atoms with van der Waals surface area (Å²) < 4.78 is 5.13. The predicted octanol–water partition coefficient (Wildman–Crippen LogP) is 2.54. The van der Waals surface area contributed by atoms with Crippen LogP contribution in [0.1, 0.15) is 46.2 Å². The van der Waals surface area contributed by atoms with E-state index in [0.717, 1.165) is 5.69 Å². The quantitative estimate of drug-likeness (QED) is 0.811. The molecule has 0 aliphatic rings. The van der Waals surface area contributed by atoms with Gasteiger partial charge in [0.2, 0.25) is 5.95 Å². The lowest BCUT2D eigenvalue weighted by Crippen LogP contribution is -2.35. The first-order valence-electron chi connectivity index (χ1n) is 6.81. The molecule has 2 N–H and O–H groups in total.